The molecule has 0 fully saturated rings. The summed E-state index contributed by atoms with van der Waals surface area (Å²) in [5.41, 5.74) is 1.10. The number of hydrogen-bond acceptors (Lipinski definition) is 5. The van der Waals surface area contributed by atoms with Crippen LogP contribution in [0.5, 0.6) is 0 Å². The number of aliphatic imine (C=N–C) groups is 1. The number of aromatic nitrogens is 4. The molecule has 8 heteroatoms. The second-order valence-electron chi connectivity index (χ2n) is 6.08. The Labute approximate surface area is 146 Å². The summed E-state index contributed by atoms with van der Waals surface area (Å²) in [6.07, 6.45) is 1.99. The minimum atomic E-state index is 0.316. The normalized spacial score (nSPS) is 17.7. The molecule has 0 radical (unpaired) electrons. The van der Waals surface area contributed by atoms with Crippen LogP contribution in [0.4, 0.5) is 0 Å². The van der Waals surface area contributed by atoms with Crippen LogP contribution in [0, 0.1) is 20.8 Å². The van der Waals surface area contributed by atoms with Crippen LogP contribution in [0.3, 0.4) is 0 Å². The van der Waals surface area contributed by atoms with E-state index in [1.54, 1.807) is 11.3 Å². The monoisotopic (exact) mass is 347 g/mol. The van der Waals surface area contributed by atoms with Gasteiger partial charge in [-0.25, -0.2) is 19.6 Å². The van der Waals surface area contributed by atoms with Crippen LogP contribution < -0.4 is 10.6 Å². The van der Waals surface area contributed by atoms with Crippen molar-refractivity contribution < 1.29 is 0 Å². The summed E-state index contributed by atoms with van der Waals surface area (Å²) in [5, 5.41) is 12.4. The summed E-state index contributed by atoms with van der Waals surface area (Å²) in [7, 11) is 0. The van der Waals surface area contributed by atoms with Crippen LogP contribution in [0.2, 0.25) is 0 Å². The standard InChI is InChI=1S/C16H25N7S/c1-5-17-16(18-8-15-19-10(2)11(3)24-15)21-13-6-7-14-20-12(4)22-23(14)9-13/h13H,5-9H2,1-4H3,(H2,17,18,21). The van der Waals surface area contributed by atoms with E-state index in [-0.39, 0.29) is 0 Å². The highest BCUT2D eigenvalue weighted by atomic mass is 32.1. The number of thiazole rings is 1. The summed E-state index contributed by atoms with van der Waals surface area (Å²) >= 11 is 1.72. The Morgan fingerprint density at radius 3 is 2.88 bits per heavy atom. The fraction of sp³-hybridized carbons (Fsp3) is 0.625. The van der Waals surface area contributed by atoms with E-state index in [1.807, 2.05) is 18.5 Å². The molecule has 1 atom stereocenters. The third-order valence-electron chi connectivity index (χ3n) is 4.09. The lowest BCUT2D eigenvalue weighted by atomic mass is 10.1. The van der Waals surface area contributed by atoms with E-state index in [9.17, 15) is 0 Å². The Hall–Kier alpha value is -1.96. The largest absolute Gasteiger partial charge is 0.357 e. The predicted octanol–water partition coefficient (Wildman–Crippen LogP) is 1.73. The van der Waals surface area contributed by atoms with E-state index in [0.717, 1.165) is 54.2 Å². The second kappa shape index (κ2) is 7.29. The highest BCUT2D eigenvalue weighted by Gasteiger charge is 2.21. The first-order valence-corrected chi connectivity index (χ1v) is 9.25. The van der Waals surface area contributed by atoms with E-state index in [2.05, 4.69) is 39.5 Å². The van der Waals surface area contributed by atoms with E-state index in [0.29, 0.717) is 12.6 Å². The Morgan fingerprint density at radius 2 is 2.17 bits per heavy atom. The number of aryl methyl sites for hydroxylation is 4. The molecule has 2 aromatic heterocycles. The molecule has 130 valence electrons. The van der Waals surface area contributed by atoms with Gasteiger partial charge in [-0.15, -0.1) is 11.3 Å². The van der Waals surface area contributed by atoms with Crippen LogP contribution in [-0.4, -0.2) is 38.3 Å². The van der Waals surface area contributed by atoms with Crippen LogP contribution in [0.1, 0.15) is 40.6 Å². The molecule has 1 aliphatic rings. The van der Waals surface area contributed by atoms with Crippen LogP contribution in [-0.2, 0) is 19.5 Å². The molecule has 0 bridgehead atoms. The number of hydrogen-bond donors (Lipinski definition) is 2. The third-order valence-corrected chi connectivity index (χ3v) is 5.15. The van der Waals surface area contributed by atoms with E-state index in [4.69, 9.17) is 4.99 Å². The third kappa shape index (κ3) is 3.92. The predicted molar refractivity (Wildman–Crippen MR) is 96.4 cm³/mol. The number of fused-ring (bicyclic) bond motifs is 1. The van der Waals surface area contributed by atoms with Crippen molar-refractivity contribution in [2.75, 3.05) is 6.54 Å². The molecule has 7 nitrogen and oxygen atoms in total. The highest BCUT2D eigenvalue weighted by Crippen LogP contribution is 2.17. The van der Waals surface area contributed by atoms with E-state index in [1.165, 1.54) is 4.88 Å². The van der Waals surface area contributed by atoms with Gasteiger partial charge >= 0.3 is 0 Å². The van der Waals surface area contributed by atoms with Gasteiger partial charge in [-0.05, 0) is 34.1 Å². The molecule has 2 aromatic rings. The van der Waals surface area contributed by atoms with Gasteiger partial charge in [0.25, 0.3) is 0 Å². The molecule has 0 spiro atoms. The first kappa shape index (κ1) is 16.9. The van der Waals surface area contributed by atoms with Gasteiger partial charge < -0.3 is 10.6 Å². The van der Waals surface area contributed by atoms with E-state index < -0.39 is 0 Å². The molecule has 0 amide bonds. The topological polar surface area (TPSA) is 80.0 Å². The molecule has 0 saturated carbocycles. The van der Waals surface area contributed by atoms with E-state index >= 15 is 0 Å². The van der Waals surface area contributed by atoms with Gasteiger partial charge in [0.15, 0.2) is 5.96 Å². The van der Waals surface area contributed by atoms with Gasteiger partial charge in [-0.1, -0.05) is 0 Å². The maximum Gasteiger partial charge on any atom is 0.191 e. The molecule has 1 unspecified atom stereocenters. The number of guanidine groups is 1. The number of rotatable bonds is 4. The van der Waals surface area contributed by atoms with Crippen molar-refractivity contribution in [2.45, 2.75) is 59.7 Å². The Kier molecular flexibility index (Phi) is 5.13. The van der Waals surface area contributed by atoms with Gasteiger partial charge in [-0.2, -0.15) is 5.10 Å². The first-order chi connectivity index (χ1) is 11.5. The molecule has 0 aliphatic carbocycles. The average Bonchev–Trinajstić information content (AvgIpc) is 3.06. The number of nitrogens with one attached hydrogen (secondary N) is 2. The zero-order valence-corrected chi connectivity index (χ0v) is 15.6. The lowest BCUT2D eigenvalue weighted by molar-refractivity contribution is 0.392. The Morgan fingerprint density at radius 1 is 1.33 bits per heavy atom. The molecule has 0 aromatic carbocycles. The maximum absolute atomic E-state index is 4.69. The van der Waals surface area contributed by atoms with Gasteiger partial charge in [-0.3, -0.25) is 0 Å². The fourth-order valence-electron chi connectivity index (χ4n) is 2.82. The van der Waals surface area contributed by atoms with Gasteiger partial charge in [0, 0.05) is 23.9 Å². The first-order valence-electron chi connectivity index (χ1n) is 8.43. The second-order valence-corrected chi connectivity index (χ2v) is 7.37. The van der Waals surface area contributed by atoms with Crippen LogP contribution >= 0.6 is 11.3 Å². The summed E-state index contributed by atoms with van der Waals surface area (Å²) in [6.45, 7) is 10.4. The minimum Gasteiger partial charge on any atom is -0.357 e. The molecule has 2 N–H and O–H groups in total. The fourth-order valence-corrected chi connectivity index (χ4v) is 3.68. The molecule has 1 aliphatic heterocycles. The molecule has 3 heterocycles. The molecule has 24 heavy (non-hydrogen) atoms. The maximum atomic E-state index is 4.69. The van der Waals surface area contributed by atoms with Gasteiger partial charge in [0.2, 0.25) is 0 Å². The zero-order valence-electron chi connectivity index (χ0n) is 14.8. The molecule has 3 rings (SSSR count). The quantitative estimate of drug-likeness (QED) is 0.650. The van der Waals surface area contributed by atoms with Crippen molar-refractivity contribution in [3.63, 3.8) is 0 Å². The summed E-state index contributed by atoms with van der Waals surface area (Å²) in [6, 6.07) is 0.316. The Balaban J connectivity index is 1.64. The smallest absolute Gasteiger partial charge is 0.191 e. The molecular weight excluding hydrogens is 322 g/mol. The van der Waals surface area contributed by atoms with Crippen molar-refractivity contribution in [1.82, 2.24) is 30.4 Å². The van der Waals surface area contributed by atoms with Crippen molar-refractivity contribution in [2.24, 2.45) is 4.99 Å². The SMILES string of the molecule is CCNC(=NCc1nc(C)c(C)s1)NC1CCc2nc(C)nn2C1. The minimum absolute atomic E-state index is 0.316. The van der Waals surface area contributed by atoms with Crippen LogP contribution in [0.15, 0.2) is 4.99 Å². The van der Waals surface area contributed by atoms with Crippen molar-refractivity contribution >= 4 is 17.3 Å². The highest BCUT2D eigenvalue weighted by molar-refractivity contribution is 7.11. The summed E-state index contributed by atoms with van der Waals surface area (Å²) < 4.78 is 2.01. The summed E-state index contributed by atoms with van der Waals surface area (Å²) in [5.74, 6) is 2.77. The lowest BCUT2D eigenvalue weighted by Crippen LogP contribution is -2.47. The van der Waals surface area contributed by atoms with Crippen molar-refractivity contribution in [3.05, 3.63) is 27.2 Å². The molecular formula is C16H25N7S. The number of nitrogens with zero attached hydrogens (tertiary/aromatic N) is 5. The van der Waals surface area contributed by atoms with Crippen molar-refractivity contribution in [3.8, 4) is 0 Å². The van der Waals surface area contributed by atoms with Gasteiger partial charge in [0.05, 0.1) is 18.8 Å². The zero-order chi connectivity index (χ0) is 17.1. The average molecular weight is 347 g/mol. The Bertz CT molecular complexity index is 711. The lowest BCUT2D eigenvalue weighted by Gasteiger charge is -2.25. The van der Waals surface area contributed by atoms with Gasteiger partial charge in [0.1, 0.15) is 16.7 Å². The molecule has 0 saturated heterocycles. The summed E-state index contributed by atoms with van der Waals surface area (Å²) in [4.78, 5) is 15.0. The van der Waals surface area contributed by atoms with Crippen molar-refractivity contribution in [1.29, 1.82) is 0 Å². The van der Waals surface area contributed by atoms with Crippen LogP contribution in [0.25, 0.3) is 0 Å².